The van der Waals surface area contributed by atoms with E-state index in [2.05, 4.69) is 0 Å². The first-order chi connectivity index (χ1) is 10.3. The number of hydrogen-bond acceptors (Lipinski definition) is 3. The summed E-state index contributed by atoms with van der Waals surface area (Å²) in [7, 11) is 1.47. The van der Waals surface area contributed by atoms with Gasteiger partial charge in [-0.2, -0.15) is 5.06 Å². The van der Waals surface area contributed by atoms with Crippen LogP contribution in [0.15, 0.2) is 60.7 Å². The summed E-state index contributed by atoms with van der Waals surface area (Å²) in [5.41, 5.74) is 1.91. The van der Waals surface area contributed by atoms with Crippen LogP contribution in [0.3, 0.4) is 0 Å². The highest BCUT2D eigenvalue weighted by Crippen LogP contribution is 2.29. The fraction of sp³-hybridized carbons (Fsp3) is 0.235. The van der Waals surface area contributed by atoms with Crippen molar-refractivity contribution in [3.05, 3.63) is 71.8 Å². The molecule has 0 aromatic heterocycles. The van der Waals surface area contributed by atoms with Gasteiger partial charge in [0.05, 0.1) is 13.7 Å². The molecule has 2 rings (SSSR count). The van der Waals surface area contributed by atoms with Crippen molar-refractivity contribution in [1.29, 1.82) is 0 Å². The summed E-state index contributed by atoms with van der Waals surface area (Å²) in [5.74, 6) is 0. The van der Waals surface area contributed by atoms with Gasteiger partial charge in [-0.3, -0.25) is 4.84 Å². The van der Waals surface area contributed by atoms with Gasteiger partial charge in [0.25, 0.3) is 0 Å². The highest BCUT2D eigenvalue weighted by atomic mass is 16.7. The summed E-state index contributed by atoms with van der Waals surface area (Å²) in [6, 6.07) is 19.1. The average molecular weight is 285 g/mol. The standard InChI is InChI=1S/C17H19NO3/c1-3-21-17(19)18(20-2)16(14-10-6-4-7-11-14)15-12-8-5-9-13-15/h4-13,16H,3H2,1-2H3. The second-order valence-corrected chi connectivity index (χ2v) is 4.43. The largest absolute Gasteiger partial charge is 0.448 e. The molecule has 0 aliphatic carbocycles. The van der Waals surface area contributed by atoms with Gasteiger partial charge in [0, 0.05) is 0 Å². The molecule has 0 radical (unpaired) electrons. The molecule has 2 aromatic carbocycles. The van der Waals surface area contributed by atoms with Gasteiger partial charge in [-0.1, -0.05) is 60.7 Å². The summed E-state index contributed by atoms with van der Waals surface area (Å²) in [4.78, 5) is 17.4. The lowest BCUT2D eigenvalue weighted by Crippen LogP contribution is -2.35. The highest BCUT2D eigenvalue weighted by molar-refractivity contribution is 5.67. The lowest BCUT2D eigenvalue weighted by Gasteiger charge is -2.29. The summed E-state index contributed by atoms with van der Waals surface area (Å²) in [6.07, 6.45) is -0.502. The zero-order chi connectivity index (χ0) is 15.1. The lowest BCUT2D eigenvalue weighted by molar-refractivity contribution is -0.129. The molecule has 0 bridgehead atoms. The maximum atomic E-state index is 12.1. The number of amides is 1. The topological polar surface area (TPSA) is 38.8 Å². The van der Waals surface area contributed by atoms with Crippen LogP contribution in [0.5, 0.6) is 0 Å². The molecule has 0 unspecified atom stereocenters. The van der Waals surface area contributed by atoms with Crippen molar-refractivity contribution >= 4 is 6.09 Å². The van der Waals surface area contributed by atoms with Crippen molar-refractivity contribution < 1.29 is 14.4 Å². The van der Waals surface area contributed by atoms with Gasteiger partial charge in [-0.25, -0.2) is 4.79 Å². The summed E-state index contributed by atoms with van der Waals surface area (Å²) in [6.45, 7) is 2.07. The molecule has 0 saturated carbocycles. The fourth-order valence-electron chi connectivity index (χ4n) is 2.21. The Balaban J connectivity index is 2.43. The van der Waals surface area contributed by atoms with Crippen LogP contribution >= 0.6 is 0 Å². The predicted octanol–water partition coefficient (Wildman–Crippen LogP) is 3.80. The van der Waals surface area contributed by atoms with E-state index in [0.717, 1.165) is 11.1 Å². The lowest BCUT2D eigenvalue weighted by atomic mass is 9.99. The molecular weight excluding hydrogens is 266 g/mol. The van der Waals surface area contributed by atoms with Crippen LogP contribution in [0.1, 0.15) is 24.1 Å². The first-order valence-electron chi connectivity index (χ1n) is 6.88. The third-order valence-electron chi connectivity index (χ3n) is 3.11. The minimum absolute atomic E-state index is 0.301. The molecule has 0 spiro atoms. The van der Waals surface area contributed by atoms with Crippen molar-refractivity contribution in [3.63, 3.8) is 0 Å². The quantitative estimate of drug-likeness (QED) is 0.784. The first kappa shape index (κ1) is 15.1. The Kier molecular flexibility index (Phi) is 5.35. The van der Waals surface area contributed by atoms with Gasteiger partial charge in [-0.05, 0) is 18.1 Å². The zero-order valence-corrected chi connectivity index (χ0v) is 12.2. The first-order valence-corrected chi connectivity index (χ1v) is 6.88. The maximum Gasteiger partial charge on any atom is 0.434 e. The Hall–Kier alpha value is -2.33. The van der Waals surface area contributed by atoms with E-state index in [1.807, 2.05) is 60.7 Å². The van der Waals surface area contributed by atoms with Crippen molar-refractivity contribution in [2.45, 2.75) is 13.0 Å². The van der Waals surface area contributed by atoms with Crippen LogP contribution < -0.4 is 0 Å². The maximum absolute atomic E-state index is 12.1. The van der Waals surface area contributed by atoms with Crippen LogP contribution in [0.2, 0.25) is 0 Å². The molecule has 4 heteroatoms. The Bertz CT molecular complexity index is 517. The Labute approximate surface area is 124 Å². The van der Waals surface area contributed by atoms with Crippen LogP contribution in [-0.2, 0) is 9.57 Å². The number of carbonyl (C=O) groups is 1. The van der Waals surface area contributed by atoms with Crippen LogP contribution in [0.25, 0.3) is 0 Å². The van der Waals surface area contributed by atoms with Gasteiger partial charge in [0.2, 0.25) is 0 Å². The van der Waals surface area contributed by atoms with Gasteiger partial charge >= 0.3 is 6.09 Å². The van der Waals surface area contributed by atoms with E-state index in [1.54, 1.807) is 6.92 Å². The van der Waals surface area contributed by atoms with Gasteiger partial charge in [-0.15, -0.1) is 0 Å². The monoisotopic (exact) mass is 285 g/mol. The predicted molar refractivity (Wildman–Crippen MR) is 80.6 cm³/mol. The van der Waals surface area contributed by atoms with E-state index in [-0.39, 0.29) is 6.04 Å². The molecule has 0 aliphatic heterocycles. The van der Waals surface area contributed by atoms with Gasteiger partial charge in [0.15, 0.2) is 0 Å². The second kappa shape index (κ2) is 7.45. The Morgan fingerprint density at radius 1 is 1.00 bits per heavy atom. The number of hydroxylamine groups is 2. The molecule has 2 aromatic rings. The molecule has 1 amide bonds. The molecule has 0 aliphatic rings. The van der Waals surface area contributed by atoms with Crippen molar-refractivity contribution in [3.8, 4) is 0 Å². The van der Waals surface area contributed by atoms with Gasteiger partial charge in [0.1, 0.15) is 6.04 Å². The van der Waals surface area contributed by atoms with Crippen LogP contribution in [0.4, 0.5) is 4.79 Å². The SMILES string of the molecule is CCOC(=O)N(OC)C(c1ccccc1)c1ccccc1. The summed E-state index contributed by atoms with van der Waals surface area (Å²) < 4.78 is 5.08. The normalized spacial score (nSPS) is 10.4. The Morgan fingerprint density at radius 3 is 1.86 bits per heavy atom. The number of hydrogen-bond donors (Lipinski definition) is 0. The third-order valence-corrected chi connectivity index (χ3v) is 3.11. The van der Waals surface area contributed by atoms with Crippen molar-refractivity contribution in [2.75, 3.05) is 13.7 Å². The highest BCUT2D eigenvalue weighted by Gasteiger charge is 2.28. The van der Waals surface area contributed by atoms with E-state index in [1.165, 1.54) is 12.2 Å². The molecule has 0 fully saturated rings. The molecule has 0 N–H and O–H groups in total. The van der Waals surface area contributed by atoms with E-state index in [9.17, 15) is 4.79 Å². The molecule has 0 saturated heterocycles. The molecule has 4 nitrogen and oxygen atoms in total. The fourth-order valence-corrected chi connectivity index (χ4v) is 2.21. The van der Waals surface area contributed by atoms with E-state index >= 15 is 0 Å². The molecule has 0 heterocycles. The van der Waals surface area contributed by atoms with Crippen molar-refractivity contribution in [2.24, 2.45) is 0 Å². The smallest absolute Gasteiger partial charge is 0.434 e. The minimum Gasteiger partial charge on any atom is -0.448 e. The summed E-state index contributed by atoms with van der Waals surface area (Å²) >= 11 is 0. The third kappa shape index (κ3) is 3.61. The Morgan fingerprint density at radius 2 is 1.48 bits per heavy atom. The van der Waals surface area contributed by atoms with Crippen LogP contribution in [0, 0.1) is 0 Å². The van der Waals surface area contributed by atoms with E-state index < -0.39 is 6.09 Å². The number of rotatable bonds is 5. The minimum atomic E-state index is -0.502. The van der Waals surface area contributed by atoms with E-state index in [4.69, 9.17) is 9.57 Å². The number of benzene rings is 2. The van der Waals surface area contributed by atoms with E-state index in [0.29, 0.717) is 6.61 Å². The van der Waals surface area contributed by atoms with Crippen LogP contribution in [-0.4, -0.2) is 24.9 Å². The van der Waals surface area contributed by atoms with Gasteiger partial charge < -0.3 is 4.74 Å². The van der Waals surface area contributed by atoms with Crippen molar-refractivity contribution in [1.82, 2.24) is 5.06 Å². The number of nitrogens with zero attached hydrogens (tertiary/aromatic N) is 1. The average Bonchev–Trinajstić information content (AvgIpc) is 2.54. The second-order valence-electron chi connectivity index (χ2n) is 4.43. The molecule has 0 atom stereocenters. The number of ether oxygens (including phenoxy) is 1. The number of carbonyl (C=O) groups excluding carboxylic acids is 1. The molecular formula is C17H19NO3. The zero-order valence-electron chi connectivity index (χ0n) is 12.2. The molecule has 21 heavy (non-hydrogen) atoms. The molecule has 110 valence electrons. The summed E-state index contributed by atoms with van der Waals surface area (Å²) in [5, 5.41) is 1.26.